The number of cyclic esters (lactones) is 1. The Bertz CT molecular complexity index is 1580. The minimum absolute atomic E-state index is 0.168. The van der Waals surface area contributed by atoms with Gasteiger partial charge in [0.2, 0.25) is 0 Å². The second kappa shape index (κ2) is 13.4. The second-order valence-corrected chi connectivity index (χ2v) is 14.1. The highest BCUT2D eigenvalue weighted by atomic mass is 16.5. The molecule has 5 atom stereocenters. The zero-order valence-corrected chi connectivity index (χ0v) is 28.1. The molecule has 5 heterocycles. The molecule has 0 saturated carbocycles. The van der Waals surface area contributed by atoms with Gasteiger partial charge in [0.05, 0.1) is 30.1 Å². The van der Waals surface area contributed by atoms with Crippen LogP contribution in [0.4, 0.5) is 0 Å². The van der Waals surface area contributed by atoms with Crippen LogP contribution in [0, 0.1) is 5.41 Å². The molecule has 10 nitrogen and oxygen atoms in total. The molecular weight excluding hydrogens is 580 g/mol. The maximum Gasteiger partial charge on any atom is 0.324 e. The molecule has 6 bridgehead atoms. The molecule has 46 heavy (non-hydrogen) atoms. The van der Waals surface area contributed by atoms with E-state index in [9.17, 15) is 9.59 Å². The molecule has 2 unspecified atom stereocenters. The number of piperidine rings is 1. The molecule has 3 aromatic rings. The third kappa shape index (κ3) is 6.45. The van der Waals surface area contributed by atoms with Crippen molar-refractivity contribution in [2.75, 3.05) is 39.9 Å². The summed E-state index contributed by atoms with van der Waals surface area (Å²) in [5.74, 6) is -0.159. The second-order valence-electron chi connectivity index (χ2n) is 14.1. The number of nitrogens with one attached hydrogen (secondary N) is 1. The van der Waals surface area contributed by atoms with E-state index < -0.39 is 12.1 Å². The Morgan fingerprint density at radius 1 is 1.15 bits per heavy atom. The van der Waals surface area contributed by atoms with E-state index in [0.717, 1.165) is 49.4 Å². The number of methoxy groups -OCH3 is 1. The summed E-state index contributed by atoms with van der Waals surface area (Å²) >= 11 is 0. The lowest BCUT2D eigenvalue weighted by molar-refractivity contribution is -0.155. The van der Waals surface area contributed by atoms with Gasteiger partial charge in [-0.3, -0.25) is 19.6 Å². The van der Waals surface area contributed by atoms with E-state index in [-0.39, 0.29) is 30.0 Å². The molecule has 0 radical (unpaired) electrons. The van der Waals surface area contributed by atoms with Crippen molar-refractivity contribution < 1.29 is 19.1 Å². The van der Waals surface area contributed by atoms with E-state index in [1.54, 1.807) is 12.1 Å². The van der Waals surface area contributed by atoms with Crippen molar-refractivity contribution in [2.45, 2.75) is 90.4 Å². The van der Waals surface area contributed by atoms with Crippen molar-refractivity contribution in [2.24, 2.45) is 11.1 Å². The van der Waals surface area contributed by atoms with Gasteiger partial charge < -0.3 is 24.7 Å². The maximum atomic E-state index is 13.4. The molecule has 1 amide bonds. The van der Waals surface area contributed by atoms with Crippen LogP contribution in [0.3, 0.4) is 0 Å². The van der Waals surface area contributed by atoms with Gasteiger partial charge in [0.25, 0.3) is 5.91 Å². The van der Waals surface area contributed by atoms with Crippen LogP contribution in [0.5, 0.6) is 0 Å². The van der Waals surface area contributed by atoms with Crippen LogP contribution in [0.25, 0.3) is 22.2 Å². The third-order valence-electron chi connectivity index (χ3n) is 10.1. The average molecular weight is 631 g/mol. The Morgan fingerprint density at radius 2 is 1.96 bits per heavy atom. The van der Waals surface area contributed by atoms with Crippen LogP contribution in [-0.4, -0.2) is 83.3 Å². The number of amides is 1. The van der Waals surface area contributed by atoms with E-state index in [4.69, 9.17) is 20.2 Å². The molecule has 3 aliphatic heterocycles. The highest BCUT2D eigenvalue weighted by molar-refractivity contribution is 5.93. The Labute approximate surface area is 272 Å². The van der Waals surface area contributed by atoms with Crippen molar-refractivity contribution >= 4 is 22.8 Å². The zero-order valence-electron chi connectivity index (χ0n) is 28.1. The predicted octanol–water partition coefficient (Wildman–Crippen LogP) is 4.56. The first-order valence-electron chi connectivity index (χ1n) is 17.0. The summed E-state index contributed by atoms with van der Waals surface area (Å²) in [7, 11) is 1.72. The van der Waals surface area contributed by atoms with E-state index in [2.05, 4.69) is 59.9 Å². The van der Waals surface area contributed by atoms with Gasteiger partial charge in [-0.1, -0.05) is 19.9 Å². The first kappa shape index (κ1) is 32.6. The lowest BCUT2D eigenvalue weighted by atomic mass is 9.83. The predicted molar refractivity (Wildman–Crippen MR) is 179 cm³/mol. The number of nitrogens with two attached hydrogens (primary N) is 1. The number of benzene rings is 1. The van der Waals surface area contributed by atoms with Gasteiger partial charge in [0.15, 0.2) is 0 Å². The summed E-state index contributed by atoms with van der Waals surface area (Å²) in [6, 6.07) is 9.85. The first-order chi connectivity index (χ1) is 22.1. The Kier molecular flexibility index (Phi) is 9.53. The molecule has 2 saturated heterocycles. The smallest absolute Gasteiger partial charge is 0.324 e. The summed E-state index contributed by atoms with van der Waals surface area (Å²) < 4.78 is 14.2. The van der Waals surface area contributed by atoms with Gasteiger partial charge >= 0.3 is 5.97 Å². The molecule has 6 rings (SSSR count). The van der Waals surface area contributed by atoms with E-state index in [1.807, 2.05) is 19.2 Å². The fourth-order valence-electron chi connectivity index (χ4n) is 7.63. The minimum Gasteiger partial charge on any atom is -0.464 e. The number of rotatable bonds is 4. The number of nitrogens with zero attached hydrogens (tertiary/aromatic N) is 4. The lowest BCUT2D eigenvalue weighted by Crippen LogP contribution is -2.60. The summed E-state index contributed by atoms with van der Waals surface area (Å²) in [4.78, 5) is 33.9. The van der Waals surface area contributed by atoms with Crippen LogP contribution in [0.2, 0.25) is 0 Å². The zero-order chi connectivity index (χ0) is 32.6. The lowest BCUT2D eigenvalue weighted by Gasteiger charge is -2.37. The van der Waals surface area contributed by atoms with E-state index in [0.29, 0.717) is 38.3 Å². The molecule has 2 aromatic heterocycles. The summed E-state index contributed by atoms with van der Waals surface area (Å²) in [6.07, 6.45) is 5.83. The molecule has 0 spiro atoms. The number of hydrazine groups is 1. The number of hydrogen-bond donors (Lipinski definition) is 2. The first-order valence-corrected chi connectivity index (χ1v) is 17.0. The summed E-state index contributed by atoms with van der Waals surface area (Å²) in [5, 5.41) is 2.77. The van der Waals surface area contributed by atoms with E-state index in [1.165, 1.54) is 22.0 Å². The number of aryl methyl sites for hydroxylation is 1. The Hall–Kier alpha value is -3.31. The van der Waals surface area contributed by atoms with Crippen LogP contribution >= 0.6 is 0 Å². The molecule has 3 aliphatic rings. The maximum absolute atomic E-state index is 13.4. The number of esters is 1. The number of aromatic nitrogens is 2. The summed E-state index contributed by atoms with van der Waals surface area (Å²) in [5.41, 5.74) is 16.1. The third-order valence-corrected chi connectivity index (χ3v) is 10.1. The van der Waals surface area contributed by atoms with Crippen LogP contribution < -0.4 is 11.2 Å². The molecule has 0 aliphatic carbocycles. The van der Waals surface area contributed by atoms with Gasteiger partial charge in [-0.2, -0.15) is 0 Å². The van der Waals surface area contributed by atoms with Crippen LogP contribution in [0.1, 0.15) is 82.2 Å². The number of pyridine rings is 1. The number of hydrogen-bond acceptors (Lipinski definition) is 8. The van der Waals surface area contributed by atoms with Gasteiger partial charge in [-0.15, -0.1) is 0 Å². The van der Waals surface area contributed by atoms with Crippen molar-refractivity contribution in [1.29, 1.82) is 0 Å². The van der Waals surface area contributed by atoms with Crippen molar-refractivity contribution in [3.63, 3.8) is 0 Å². The van der Waals surface area contributed by atoms with Gasteiger partial charge in [0, 0.05) is 61.4 Å². The molecule has 248 valence electrons. The number of carbonyl (C=O) groups is 2. The number of ether oxygens (including phenoxy) is 2. The molecule has 3 N–H and O–H groups in total. The van der Waals surface area contributed by atoms with Gasteiger partial charge in [-0.05, 0) is 93.8 Å². The minimum atomic E-state index is -0.669. The molecule has 2 fully saturated rings. The highest BCUT2D eigenvalue weighted by Crippen LogP contribution is 2.42. The quantitative estimate of drug-likeness (QED) is 0.404. The highest BCUT2D eigenvalue weighted by Gasteiger charge is 2.35. The van der Waals surface area contributed by atoms with Crippen molar-refractivity contribution in [3.8, 4) is 11.3 Å². The van der Waals surface area contributed by atoms with Crippen LogP contribution in [-0.2, 0) is 32.0 Å². The number of fused-ring (bicyclic) bond motifs is 6. The fraction of sp³-hybridized carbons (Fsp3) is 0.583. The largest absolute Gasteiger partial charge is 0.464 e. The van der Waals surface area contributed by atoms with Crippen LogP contribution in [0.15, 0.2) is 36.5 Å². The van der Waals surface area contributed by atoms with Gasteiger partial charge in [-0.25, -0.2) is 5.43 Å². The molecular formula is C36H50N6O4. The normalized spacial score (nSPS) is 26.4. The SMILES string of the molecule is CCn1c(-c2cccnc2[C@H](C)OC)c2c3cc(ccc31)C1CCCN(C1)C[C@H](N)C(=O)N1CCC[C@H](N1)C(=O)OCC(C)(C)C2. The van der Waals surface area contributed by atoms with Crippen molar-refractivity contribution in [3.05, 3.63) is 53.3 Å². The molecule has 1 aromatic carbocycles. The Balaban J connectivity index is 1.49. The van der Waals surface area contributed by atoms with E-state index >= 15 is 0 Å². The molecule has 10 heteroatoms. The Morgan fingerprint density at radius 3 is 2.74 bits per heavy atom. The topological polar surface area (TPSA) is 115 Å². The monoisotopic (exact) mass is 630 g/mol. The summed E-state index contributed by atoms with van der Waals surface area (Å²) in [6.45, 7) is 12.4. The van der Waals surface area contributed by atoms with Gasteiger partial charge in [0.1, 0.15) is 6.04 Å². The standard InChI is InChI=1S/C36H50N6O4/c1-6-41-31-14-13-24-18-27(31)28(33(41)26-11-7-15-38-32(26)23(2)45-5)19-36(3,4)22-46-35(44)30-12-9-17-42(39-30)34(43)29(37)21-40-16-8-10-25(24)20-40/h7,11,13-15,18,23,25,29-30,39H,6,8-10,12,16-17,19-22,37H2,1-5H3/t23-,25?,29-,30-/m0/s1. The fourth-order valence-corrected chi connectivity index (χ4v) is 7.63. The van der Waals surface area contributed by atoms with Crippen molar-refractivity contribution in [1.82, 2.24) is 24.9 Å². The number of carbonyl (C=O) groups excluding carboxylic acids is 2. The average Bonchev–Trinajstić information content (AvgIpc) is 3.37.